The fraction of sp³-hybridized carbons (Fsp3) is 0.167. The lowest BCUT2D eigenvalue weighted by atomic mass is 9.78. The van der Waals surface area contributed by atoms with Crippen LogP contribution in [0.5, 0.6) is 0 Å². The Morgan fingerprint density at radius 2 is 1.33 bits per heavy atom. The van der Waals surface area contributed by atoms with Crippen molar-refractivity contribution in [2.24, 2.45) is 5.41 Å². The van der Waals surface area contributed by atoms with E-state index >= 15 is 0 Å². The molecular formula is C18H14O3. The highest BCUT2D eigenvalue weighted by atomic mass is 16.2. The Morgan fingerprint density at radius 1 is 0.857 bits per heavy atom. The van der Waals surface area contributed by atoms with Crippen LogP contribution >= 0.6 is 0 Å². The molecule has 1 aliphatic carbocycles. The molecule has 0 N–H and O–H groups in total. The maximum absolute atomic E-state index is 12.7. The zero-order chi connectivity index (χ0) is 15.2. The lowest BCUT2D eigenvalue weighted by Gasteiger charge is -2.18. The van der Waals surface area contributed by atoms with Crippen LogP contribution in [0, 0.1) is 12.3 Å². The van der Waals surface area contributed by atoms with E-state index in [2.05, 4.69) is 0 Å². The van der Waals surface area contributed by atoms with E-state index in [-0.39, 0.29) is 0 Å². The number of Topliss-reactive ketones (excluding diaryl/α,β-unsaturated/α-hetero) is 3. The van der Waals surface area contributed by atoms with Crippen molar-refractivity contribution in [3.63, 3.8) is 0 Å². The van der Waals surface area contributed by atoms with Crippen LogP contribution in [0.2, 0.25) is 0 Å². The molecule has 21 heavy (non-hydrogen) atoms. The van der Waals surface area contributed by atoms with Gasteiger partial charge in [0.05, 0.1) is 0 Å². The summed E-state index contributed by atoms with van der Waals surface area (Å²) >= 11 is 0. The number of aryl methyl sites for hydroxylation is 1. The van der Waals surface area contributed by atoms with Crippen molar-refractivity contribution in [3.8, 4) is 0 Å². The molecule has 0 bridgehead atoms. The van der Waals surface area contributed by atoms with Crippen molar-refractivity contribution < 1.29 is 14.4 Å². The minimum Gasteiger partial charge on any atom is -0.293 e. The van der Waals surface area contributed by atoms with E-state index in [0.29, 0.717) is 16.7 Å². The van der Waals surface area contributed by atoms with E-state index in [1.807, 2.05) is 6.92 Å². The van der Waals surface area contributed by atoms with Crippen LogP contribution in [-0.2, 0) is 0 Å². The number of hydrogen-bond acceptors (Lipinski definition) is 3. The first-order valence-electron chi connectivity index (χ1n) is 6.76. The van der Waals surface area contributed by atoms with E-state index in [0.717, 1.165) is 5.56 Å². The molecular weight excluding hydrogens is 264 g/mol. The number of fused-ring (bicyclic) bond motifs is 1. The number of benzene rings is 2. The second kappa shape index (κ2) is 4.48. The van der Waals surface area contributed by atoms with Gasteiger partial charge in [-0.15, -0.1) is 0 Å². The minimum absolute atomic E-state index is 0.338. The first-order valence-corrected chi connectivity index (χ1v) is 6.76. The van der Waals surface area contributed by atoms with Gasteiger partial charge in [0, 0.05) is 16.7 Å². The van der Waals surface area contributed by atoms with Crippen molar-refractivity contribution in [3.05, 3.63) is 70.8 Å². The van der Waals surface area contributed by atoms with Crippen molar-refractivity contribution in [2.75, 3.05) is 0 Å². The van der Waals surface area contributed by atoms with Gasteiger partial charge in [-0.3, -0.25) is 14.4 Å². The standard InChI is InChI=1S/C18H14O3/c1-11-7-9-12(10-8-11)15(19)18(2)16(20)13-5-3-4-6-14(13)17(18)21/h3-10H,1-2H3. The molecule has 0 heterocycles. The molecule has 0 amide bonds. The third-order valence-corrected chi connectivity index (χ3v) is 4.09. The Labute approximate surface area is 122 Å². The van der Waals surface area contributed by atoms with Crippen LogP contribution in [0.1, 0.15) is 43.6 Å². The molecule has 3 rings (SSSR count). The van der Waals surface area contributed by atoms with E-state index < -0.39 is 22.8 Å². The molecule has 3 heteroatoms. The molecule has 0 aromatic heterocycles. The molecule has 0 unspecified atom stereocenters. The topological polar surface area (TPSA) is 51.2 Å². The Hall–Kier alpha value is -2.55. The van der Waals surface area contributed by atoms with Gasteiger partial charge in [-0.25, -0.2) is 0 Å². The summed E-state index contributed by atoms with van der Waals surface area (Å²) in [6.07, 6.45) is 0. The summed E-state index contributed by atoms with van der Waals surface area (Å²) in [4.78, 5) is 37.9. The Morgan fingerprint density at radius 3 is 1.81 bits per heavy atom. The maximum atomic E-state index is 12.7. The van der Waals surface area contributed by atoms with Gasteiger partial charge < -0.3 is 0 Å². The molecule has 0 radical (unpaired) electrons. The largest absolute Gasteiger partial charge is 0.293 e. The van der Waals surface area contributed by atoms with Crippen LogP contribution < -0.4 is 0 Å². The van der Waals surface area contributed by atoms with Crippen molar-refractivity contribution in [1.82, 2.24) is 0 Å². The Kier molecular flexibility index (Phi) is 2.87. The molecule has 0 aliphatic heterocycles. The quantitative estimate of drug-likeness (QED) is 0.626. The first kappa shape index (κ1) is 13.4. The molecule has 2 aromatic carbocycles. The predicted molar refractivity (Wildman–Crippen MR) is 78.7 cm³/mol. The lowest BCUT2D eigenvalue weighted by Crippen LogP contribution is -2.38. The molecule has 3 nitrogen and oxygen atoms in total. The van der Waals surface area contributed by atoms with Crippen LogP contribution in [0.3, 0.4) is 0 Å². The van der Waals surface area contributed by atoms with Gasteiger partial charge in [-0.1, -0.05) is 54.1 Å². The lowest BCUT2D eigenvalue weighted by molar-refractivity contribution is 0.0639. The highest BCUT2D eigenvalue weighted by molar-refractivity contribution is 6.41. The molecule has 0 saturated heterocycles. The van der Waals surface area contributed by atoms with E-state index in [1.54, 1.807) is 48.5 Å². The van der Waals surface area contributed by atoms with E-state index in [4.69, 9.17) is 0 Å². The zero-order valence-corrected chi connectivity index (χ0v) is 11.8. The van der Waals surface area contributed by atoms with Gasteiger partial charge in [0.25, 0.3) is 0 Å². The van der Waals surface area contributed by atoms with E-state index in [1.165, 1.54) is 6.92 Å². The summed E-state index contributed by atoms with van der Waals surface area (Å²) in [7, 11) is 0. The number of carbonyl (C=O) groups excluding carboxylic acids is 3. The van der Waals surface area contributed by atoms with Crippen LogP contribution in [0.15, 0.2) is 48.5 Å². The maximum Gasteiger partial charge on any atom is 0.185 e. The molecule has 0 saturated carbocycles. The number of ketones is 3. The van der Waals surface area contributed by atoms with Gasteiger partial charge in [0.15, 0.2) is 22.8 Å². The molecule has 104 valence electrons. The minimum atomic E-state index is -1.64. The number of carbonyl (C=O) groups is 3. The second-order valence-electron chi connectivity index (χ2n) is 5.52. The Balaban J connectivity index is 2.10. The normalized spacial score (nSPS) is 15.9. The number of hydrogen-bond donors (Lipinski definition) is 0. The fourth-order valence-corrected chi connectivity index (χ4v) is 2.72. The predicted octanol–water partition coefficient (Wildman–Crippen LogP) is 3.26. The van der Waals surface area contributed by atoms with Crippen molar-refractivity contribution in [1.29, 1.82) is 0 Å². The summed E-state index contributed by atoms with van der Waals surface area (Å²) in [5.41, 5.74) is 0.441. The summed E-state index contributed by atoms with van der Waals surface area (Å²) < 4.78 is 0. The van der Waals surface area contributed by atoms with Crippen LogP contribution in [-0.4, -0.2) is 17.3 Å². The fourth-order valence-electron chi connectivity index (χ4n) is 2.72. The summed E-state index contributed by atoms with van der Waals surface area (Å²) in [5.74, 6) is -1.25. The van der Waals surface area contributed by atoms with Crippen molar-refractivity contribution >= 4 is 17.3 Å². The molecule has 1 aliphatic rings. The monoisotopic (exact) mass is 278 g/mol. The SMILES string of the molecule is Cc1ccc(C(=O)C2(C)C(=O)c3ccccc3C2=O)cc1. The van der Waals surface area contributed by atoms with Crippen LogP contribution in [0.25, 0.3) is 0 Å². The molecule has 0 spiro atoms. The van der Waals surface area contributed by atoms with Gasteiger partial charge in [-0.05, 0) is 13.8 Å². The second-order valence-corrected chi connectivity index (χ2v) is 5.52. The van der Waals surface area contributed by atoms with Gasteiger partial charge in [-0.2, -0.15) is 0 Å². The molecule has 2 aromatic rings. The highest BCUT2D eigenvalue weighted by Gasteiger charge is 2.54. The summed E-state index contributed by atoms with van der Waals surface area (Å²) in [6, 6.07) is 13.5. The first-order chi connectivity index (χ1) is 9.96. The molecule has 0 fully saturated rings. The number of rotatable bonds is 2. The average molecular weight is 278 g/mol. The third-order valence-electron chi connectivity index (χ3n) is 4.09. The third kappa shape index (κ3) is 1.77. The van der Waals surface area contributed by atoms with Crippen LogP contribution in [0.4, 0.5) is 0 Å². The Bertz CT molecular complexity index is 734. The smallest absolute Gasteiger partial charge is 0.185 e. The van der Waals surface area contributed by atoms with Gasteiger partial charge in [0.2, 0.25) is 0 Å². The van der Waals surface area contributed by atoms with E-state index in [9.17, 15) is 14.4 Å². The van der Waals surface area contributed by atoms with Gasteiger partial charge in [0.1, 0.15) is 0 Å². The zero-order valence-electron chi connectivity index (χ0n) is 11.8. The van der Waals surface area contributed by atoms with Gasteiger partial charge >= 0.3 is 0 Å². The summed E-state index contributed by atoms with van der Waals surface area (Å²) in [5, 5.41) is 0. The highest BCUT2D eigenvalue weighted by Crippen LogP contribution is 2.39. The van der Waals surface area contributed by atoms with Crippen molar-refractivity contribution in [2.45, 2.75) is 13.8 Å². The molecule has 0 atom stereocenters. The summed E-state index contributed by atoms with van der Waals surface area (Å²) in [6.45, 7) is 3.34. The average Bonchev–Trinajstić information content (AvgIpc) is 2.71.